The third kappa shape index (κ3) is 5.10. The largest absolute Gasteiger partial charge is 0.494 e. The molecule has 0 atom stereocenters. The number of anilines is 1. The first kappa shape index (κ1) is 23.8. The van der Waals surface area contributed by atoms with Gasteiger partial charge in [0.05, 0.1) is 29.0 Å². The Morgan fingerprint density at radius 2 is 1.76 bits per heavy atom. The molecule has 176 valence electrons. The number of aryl methyl sites for hydroxylation is 1. The van der Waals surface area contributed by atoms with E-state index in [1.165, 1.54) is 28.4 Å². The van der Waals surface area contributed by atoms with Gasteiger partial charge in [0.15, 0.2) is 15.0 Å². The molecule has 0 fully saturated rings. The lowest BCUT2D eigenvalue weighted by Crippen LogP contribution is -2.31. The fourth-order valence-corrected chi connectivity index (χ4v) is 5.82. The molecule has 9 heteroatoms. The predicted molar refractivity (Wildman–Crippen MR) is 132 cm³/mol. The molecule has 34 heavy (non-hydrogen) atoms. The zero-order valence-corrected chi connectivity index (χ0v) is 20.3. The Bertz CT molecular complexity index is 1420. The van der Waals surface area contributed by atoms with Gasteiger partial charge in [-0.2, -0.15) is 0 Å². The summed E-state index contributed by atoms with van der Waals surface area (Å²) >= 11 is 1.36. The van der Waals surface area contributed by atoms with Crippen LogP contribution in [0.5, 0.6) is 5.75 Å². The zero-order chi connectivity index (χ0) is 24.3. The van der Waals surface area contributed by atoms with Gasteiger partial charge in [0, 0.05) is 6.42 Å². The second-order valence-electron chi connectivity index (χ2n) is 7.75. The van der Waals surface area contributed by atoms with E-state index in [1.54, 1.807) is 7.11 Å². The van der Waals surface area contributed by atoms with Gasteiger partial charge in [0.1, 0.15) is 17.1 Å². The molecule has 0 N–H and O–H groups in total. The van der Waals surface area contributed by atoms with Crippen LogP contribution in [-0.4, -0.2) is 32.2 Å². The molecule has 1 aromatic heterocycles. The van der Waals surface area contributed by atoms with Gasteiger partial charge in [0.2, 0.25) is 5.91 Å². The van der Waals surface area contributed by atoms with Gasteiger partial charge in [-0.25, -0.2) is 17.8 Å². The molecule has 0 aliphatic heterocycles. The number of fused-ring (bicyclic) bond motifs is 1. The van der Waals surface area contributed by atoms with Crippen LogP contribution >= 0.6 is 11.3 Å². The van der Waals surface area contributed by atoms with Crippen molar-refractivity contribution in [2.24, 2.45) is 0 Å². The number of methoxy groups -OCH3 is 1. The molecule has 0 bridgehead atoms. The quantitative estimate of drug-likeness (QED) is 0.314. The summed E-state index contributed by atoms with van der Waals surface area (Å²) < 4.78 is 45.0. The predicted octanol–water partition coefficient (Wildman–Crippen LogP) is 5.15. The van der Waals surface area contributed by atoms with Gasteiger partial charge in [-0.3, -0.25) is 9.69 Å². The minimum atomic E-state index is -3.75. The number of ether oxygens (including phenoxy) is 1. The van der Waals surface area contributed by atoms with E-state index in [9.17, 15) is 17.6 Å². The van der Waals surface area contributed by atoms with Crippen LogP contribution < -0.4 is 9.64 Å². The van der Waals surface area contributed by atoms with Gasteiger partial charge < -0.3 is 4.74 Å². The molecule has 4 aromatic rings. The molecule has 4 rings (SSSR count). The molecule has 3 aromatic carbocycles. The molecule has 0 spiro atoms. The first-order valence-corrected chi connectivity index (χ1v) is 13.0. The third-order valence-electron chi connectivity index (χ3n) is 5.38. The minimum Gasteiger partial charge on any atom is -0.494 e. The fraction of sp³-hybridized carbons (Fsp3) is 0.200. The Balaban J connectivity index is 1.65. The molecule has 0 aliphatic rings. The van der Waals surface area contributed by atoms with E-state index < -0.39 is 21.4 Å². The second-order valence-corrected chi connectivity index (χ2v) is 10.8. The van der Waals surface area contributed by atoms with Crippen molar-refractivity contribution in [3.8, 4) is 5.75 Å². The zero-order valence-electron chi connectivity index (χ0n) is 18.7. The average molecular weight is 499 g/mol. The summed E-state index contributed by atoms with van der Waals surface area (Å²) in [5.74, 6) is -0.680. The highest BCUT2D eigenvalue weighted by Gasteiger charge is 2.24. The summed E-state index contributed by atoms with van der Waals surface area (Å²) in [7, 11) is -2.19. The van der Waals surface area contributed by atoms with Crippen molar-refractivity contribution in [1.29, 1.82) is 0 Å². The molecule has 0 unspecified atom stereocenters. The van der Waals surface area contributed by atoms with Crippen molar-refractivity contribution in [3.05, 3.63) is 83.7 Å². The number of amides is 1. The molecular weight excluding hydrogens is 475 g/mol. The number of thiazole rings is 1. The van der Waals surface area contributed by atoms with Crippen LogP contribution in [0.4, 0.5) is 9.52 Å². The maximum atomic E-state index is 13.3. The Morgan fingerprint density at radius 3 is 2.44 bits per heavy atom. The molecular formula is C25H23FN2O4S2. The number of nitrogens with zero attached hydrogens (tertiary/aromatic N) is 2. The van der Waals surface area contributed by atoms with Gasteiger partial charge in [0.25, 0.3) is 0 Å². The minimum absolute atomic E-state index is 0.0170. The van der Waals surface area contributed by atoms with E-state index in [1.807, 2.05) is 49.4 Å². The summed E-state index contributed by atoms with van der Waals surface area (Å²) in [6, 6.07) is 17.8. The van der Waals surface area contributed by atoms with Crippen LogP contribution in [0, 0.1) is 12.7 Å². The SMILES string of the molecule is COc1ccc(C)c2sc(N(Cc3ccccc3)C(=O)CCS(=O)(=O)c3ccc(F)cc3)nc12. The lowest BCUT2D eigenvalue weighted by molar-refractivity contribution is -0.118. The highest BCUT2D eigenvalue weighted by Crippen LogP contribution is 2.37. The van der Waals surface area contributed by atoms with Crippen molar-refractivity contribution < 1.29 is 22.3 Å². The van der Waals surface area contributed by atoms with E-state index in [4.69, 9.17) is 4.74 Å². The fourth-order valence-electron chi connectivity index (χ4n) is 3.52. The first-order valence-electron chi connectivity index (χ1n) is 10.6. The first-order chi connectivity index (χ1) is 16.3. The van der Waals surface area contributed by atoms with Crippen LogP contribution in [0.1, 0.15) is 17.5 Å². The number of aromatic nitrogens is 1. The number of hydrogen-bond donors (Lipinski definition) is 0. The molecule has 0 aliphatic carbocycles. The van der Waals surface area contributed by atoms with Crippen molar-refractivity contribution in [2.45, 2.75) is 24.8 Å². The standard InChI is InChI=1S/C25H23FN2O4S2/c1-17-8-13-21(32-2)23-24(17)33-25(27-23)28(16-18-6-4-3-5-7-18)22(29)14-15-34(30,31)20-11-9-19(26)10-12-20/h3-13H,14-16H2,1-2H3. The maximum absolute atomic E-state index is 13.3. The Morgan fingerprint density at radius 1 is 1.06 bits per heavy atom. The van der Waals surface area contributed by atoms with Gasteiger partial charge in [-0.05, 0) is 48.4 Å². The van der Waals surface area contributed by atoms with Crippen LogP contribution in [0.3, 0.4) is 0 Å². The molecule has 6 nitrogen and oxygen atoms in total. The maximum Gasteiger partial charge on any atom is 0.230 e. The summed E-state index contributed by atoms with van der Waals surface area (Å²) in [5, 5.41) is 0.468. The summed E-state index contributed by atoms with van der Waals surface area (Å²) in [6.07, 6.45) is -0.238. The van der Waals surface area contributed by atoms with E-state index >= 15 is 0 Å². The lowest BCUT2D eigenvalue weighted by Gasteiger charge is -2.20. The molecule has 0 saturated heterocycles. The topological polar surface area (TPSA) is 76.6 Å². The van der Waals surface area contributed by atoms with E-state index in [-0.39, 0.29) is 23.8 Å². The number of benzene rings is 3. The monoisotopic (exact) mass is 498 g/mol. The average Bonchev–Trinajstić information content (AvgIpc) is 3.28. The normalized spacial score (nSPS) is 11.5. The number of carbonyl (C=O) groups excluding carboxylic acids is 1. The highest BCUT2D eigenvalue weighted by atomic mass is 32.2. The number of halogens is 1. The molecule has 1 amide bonds. The Hall–Kier alpha value is -3.30. The molecule has 0 radical (unpaired) electrons. The van der Waals surface area contributed by atoms with E-state index in [0.29, 0.717) is 16.4 Å². The number of rotatable bonds is 8. The number of sulfone groups is 1. The summed E-state index contributed by atoms with van der Waals surface area (Å²) in [5.41, 5.74) is 2.55. The van der Waals surface area contributed by atoms with Crippen molar-refractivity contribution in [2.75, 3.05) is 17.8 Å². The number of carbonyl (C=O) groups is 1. The summed E-state index contributed by atoms with van der Waals surface area (Å²) in [4.78, 5) is 19.5. The van der Waals surface area contributed by atoms with Crippen LogP contribution in [0.25, 0.3) is 10.2 Å². The van der Waals surface area contributed by atoms with E-state index in [0.717, 1.165) is 28.0 Å². The highest BCUT2D eigenvalue weighted by molar-refractivity contribution is 7.91. The van der Waals surface area contributed by atoms with Crippen molar-refractivity contribution in [3.63, 3.8) is 0 Å². The smallest absolute Gasteiger partial charge is 0.230 e. The van der Waals surface area contributed by atoms with Gasteiger partial charge in [-0.15, -0.1) is 0 Å². The third-order valence-corrected chi connectivity index (χ3v) is 8.33. The Labute approximate surface area is 201 Å². The van der Waals surface area contributed by atoms with Crippen LogP contribution in [-0.2, 0) is 21.2 Å². The van der Waals surface area contributed by atoms with Crippen LogP contribution in [0.15, 0.2) is 71.6 Å². The van der Waals surface area contributed by atoms with Crippen molar-refractivity contribution >= 4 is 42.4 Å². The molecule has 1 heterocycles. The van der Waals surface area contributed by atoms with E-state index in [2.05, 4.69) is 4.98 Å². The summed E-state index contributed by atoms with van der Waals surface area (Å²) in [6.45, 7) is 2.21. The van der Waals surface area contributed by atoms with Gasteiger partial charge in [-0.1, -0.05) is 47.7 Å². The van der Waals surface area contributed by atoms with Crippen LogP contribution in [0.2, 0.25) is 0 Å². The van der Waals surface area contributed by atoms with Gasteiger partial charge >= 0.3 is 0 Å². The lowest BCUT2D eigenvalue weighted by atomic mass is 10.2. The number of hydrogen-bond acceptors (Lipinski definition) is 6. The molecule has 0 saturated carbocycles. The second kappa shape index (κ2) is 9.90. The Kier molecular flexibility index (Phi) is 6.95. The van der Waals surface area contributed by atoms with Crippen molar-refractivity contribution in [1.82, 2.24) is 4.98 Å².